The van der Waals surface area contributed by atoms with E-state index in [0.717, 1.165) is 22.2 Å². The van der Waals surface area contributed by atoms with Crippen LogP contribution >= 0.6 is 0 Å². The first-order valence-corrected chi connectivity index (χ1v) is 13.4. The third-order valence-electron chi connectivity index (χ3n) is 6.59. The number of para-hydroxylation sites is 1. The van der Waals surface area contributed by atoms with Crippen molar-refractivity contribution in [3.8, 4) is 5.75 Å². The summed E-state index contributed by atoms with van der Waals surface area (Å²) in [4.78, 5) is 30.6. The van der Waals surface area contributed by atoms with Gasteiger partial charge in [-0.25, -0.2) is 13.9 Å². The first-order valence-electron chi connectivity index (χ1n) is 11.9. The molecule has 2 heterocycles. The third-order valence-corrected chi connectivity index (χ3v) is 8.14. The Bertz CT molecular complexity index is 1420. The number of nitrogens with one attached hydrogen (secondary N) is 2. The number of rotatable bonds is 9. The molecule has 0 bridgehead atoms. The van der Waals surface area contributed by atoms with Crippen LogP contribution in [-0.4, -0.2) is 54.0 Å². The van der Waals surface area contributed by atoms with Gasteiger partial charge < -0.3 is 9.64 Å². The Morgan fingerprint density at radius 1 is 1.16 bits per heavy atom. The molecule has 1 atom stereocenters. The van der Waals surface area contributed by atoms with Crippen molar-refractivity contribution in [2.24, 2.45) is 5.92 Å². The van der Waals surface area contributed by atoms with Crippen molar-refractivity contribution < 1.29 is 28.0 Å². The van der Waals surface area contributed by atoms with Crippen molar-refractivity contribution in [2.75, 3.05) is 13.1 Å². The van der Waals surface area contributed by atoms with Gasteiger partial charge in [0.25, 0.3) is 5.91 Å². The number of sulfonamides is 1. The predicted molar refractivity (Wildman–Crippen MR) is 136 cm³/mol. The van der Waals surface area contributed by atoms with Crippen LogP contribution in [0, 0.1) is 12.8 Å². The quantitative estimate of drug-likeness (QED) is 0.288. The molecule has 3 aromatic rings. The molecule has 1 saturated heterocycles. The molecule has 196 valence electrons. The summed E-state index contributed by atoms with van der Waals surface area (Å²) in [5, 5.41) is 10.2. The van der Waals surface area contributed by atoms with Gasteiger partial charge in [0.2, 0.25) is 15.9 Å². The molecule has 4 rings (SSSR count). The highest BCUT2D eigenvalue weighted by Crippen LogP contribution is 2.27. The molecule has 1 aliphatic heterocycles. The molecule has 11 heteroatoms. The van der Waals surface area contributed by atoms with Crippen molar-refractivity contribution in [1.82, 2.24) is 20.1 Å². The van der Waals surface area contributed by atoms with E-state index in [1.807, 2.05) is 44.2 Å². The molecular weight excluding hydrogens is 496 g/mol. The molecule has 1 unspecified atom stereocenters. The van der Waals surface area contributed by atoms with E-state index in [9.17, 15) is 23.2 Å². The number of amides is 2. The first-order chi connectivity index (χ1) is 17.6. The number of benzene rings is 2. The Labute approximate surface area is 215 Å². The number of carbonyl (C=O) groups is 2. The van der Waals surface area contributed by atoms with E-state index in [1.165, 1.54) is 34.6 Å². The fraction of sp³-hybridized carbons (Fsp3) is 0.346. The minimum atomic E-state index is -4.15. The van der Waals surface area contributed by atoms with Crippen molar-refractivity contribution in [1.29, 1.82) is 0 Å². The molecule has 0 spiro atoms. The van der Waals surface area contributed by atoms with Gasteiger partial charge in [0, 0.05) is 22.6 Å². The average Bonchev–Trinajstić information content (AvgIpc) is 2.87. The molecule has 2 amide bonds. The lowest BCUT2D eigenvalue weighted by atomic mass is 9.88. The number of likely N-dealkylation sites (tertiary alicyclic amines) is 1. The smallest absolute Gasteiger partial charge is 0.268 e. The molecule has 2 aromatic carbocycles. The van der Waals surface area contributed by atoms with Crippen LogP contribution in [0.2, 0.25) is 0 Å². The molecule has 1 aliphatic rings. The Balaban J connectivity index is 1.46. The monoisotopic (exact) mass is 526 g/mol. The van der Waals surface area contributed by atoms with Crippen molar-refractivity contribution in [2.45, 2.75) is 44.2 Å². The predicted octanol–water partition coefficient (Wildman–Crippen LogP) is 2.53. The lowest BCUT2D eigenvalue weighted by molar-refractivity contribution is -0.153. The number of aromatic nitrogens is 1. The van der Waals surface area contributed by atoms with Crippen molar-refractivity contribution in [3.05, 3.63) is 65.9 Å². The number of ether oxygens (including phenoxy) is 1. The van der Waals surface area contributed by atoms with E-state index in [-0.39, 0.29) is 36.4 Å². The highest BCUT2D eigenvalue weighted by molar-refractivity contribution is 7.89. The van der Waals surface area contributed by atoms with Gasteiger partial charge in [0.15, 0.2) is 0 Å². The van der Waals surface area contributed by atoms with Gasteiger partial charge in [0.05, 0.1) is 23.5 Å². The zero-order valence-corrected chi connectivity index (χ0v) is 21.7. The minimum Gasteiger partial charge on any atom is -0.489 e. The van der Waals surface area contributed by atoms with E-state index in [0.29, 0.717) is 12.2 Å². The third kappa shape index (κ3) is 5.43. The van der Waals surface area contributed by atoms with Crippen LogP contribution in [0.15, 0.2) is 59.5 Å². The molecular formula is C26H30N4O6S. The highest BCUT2D eigenvalue weighted by atomic mass is 32.2. The van der Waals surface area contributed by atoms with E-state index < -0.39 is 21.5 Å². The standard InChI is InChI=1S/C26H30N4O6S/c1-4-17(2)24(31)30-15-26(16-30,25(32)28-33)29-37(34,35)21-11-9-20(10-12-21)36-14-19-13-18(3)27-23-8-6-5-7-22(19)23/h5-13,17,29,33H,4,14-16H2,1-3H3,(H,28,32). The van der Waals surface area contributed by atoms with Gasteiger partial charge in [-0.05, 0) is 49.7 Å². The van der Waals surface area contributed by atoms with Crippen LogP contribution in [0.3, 0.4) is 0 Å². The first kappa shape index (κ1) is 26.5. The fourth-order valence-corrected chi connectivity index (χ4v) is 5.66. The number of fused-ring (bicyclic) bond motifs is 1. The summed E-state index contributed by atoms with van der Waals surface area (Å²) < 4.78 is 34.4. The largest absolute Gasteiger partial charge is 0.489 e. The Hall–Kier alpha value is -3.54. The number of aryl methyl sites for hydroxylation is 1. The Morgan fingerprint density at radius 3 is 2.49 bits per heavy atom. The lowest BCUT2D eigenvalue weighted by Gasteiger charge is -2.48. The zero-order chi connectivity index (χ0) is 26.8. The van der Waals surface area contributed by atoms with Crippen LogP contribution < -0.4 is 14.9 Å². The van der Waals surface area contributed by atoms with Gasteiger partial charge >= 0.3 is 0 Å². The SMILES string of the molecule is CCC(C)C(=O)N1CC(NS(=O)(=O)c2ccc(OCc3cc(C)nc4ccccc34)cc2)(C(=O)NO)C1. The van der Waals surface area contributed by atoms with E-state index in [1.54, 1.807) is 6.92 Å². The summed E-state index contributed by atoms with van der Waals surface area (Å²) in [6.45, 7) is 5.46. The molecule has 1 fully saturated rings. The maximum absolute atomic E-state index is 13.1. The van der Waals surface area contributed by atoms with Crippen LogP contribution in [0.25, 0.3) is 10.9 Å². The van der Waals surface area contributed by atoms with Gasteiger partial charge in [-0.1, -0.05) is 32.0 Å². The van der Waals surface area contributed by atoms with Gasteiger partial charge in [-0.15, -0.1) is 0 Å². The topological polar surface area (TPSA) is 138 Å². The zero-order valence-electron chi connectivity index (χ0n) is 20.9. The lowest BCUT2D eigenvalue weighted by Crippen LogP contribution is -2.77. The highest BCUT2D eigenvalue weighted by Gasteiger charge is 2.54. The molecule has 0 aliphatic carbocycles. The second kappa shape index (κ2) is 10.4. The summed E-state index contributed by atoms with van der Waals surface area (Å²) in [7, 11) is -4.15. The van der Waals surface area contributed by atoms with Crippen LogP contribution in [0.1, 0.15) is 31.5 Å². The summed E-state index contributed by atoms with van der Waals surface area (Å²) in [5.41, 5.74) is 2.55. The number of carbonyl (C=O) groups excluding carboxylic acids is 2. The fourth-order valence-electron chi connectivity index (χ4n) is 4.32. The van der Waals surface area contributed by atoms with Gasteiger partial charge in [0.1, 0.15) is 17.9 Å². The summed E-state index contributed by atoms with van der Waals surface area (Å²) in [6, 6.07) is 15.5. The second-order valence-corrected chi connectivity index (χ2v) is 11.0. The molecule has 1 aromatic heterocycles. The normalized spacial score (nSPS) is 15.6. The average molecular weight is 527 g/mol. The molecule has 10 nitrogen and oxygen atoms in total. The van der Waals surface area contributed by atoms with Crippen molar-refractivity contribution >= 4 is 32.7 Å². The van der Waals surface area contributed by atoms with Crippen molar-refractivity contribution in [3.63, 3.8) is 0 Å². The second-order valence-electron chi connectivity index (χ2n) is 9.33. The number of nitrogens with zero attached hydrogens (tertiary/aromatic N) is 2. The van der Waals surface area contributed by atoms with Gasteiger partial charge in [-0.3, -0.25) is 19.8 Å². The minimum absolute atomic E-state index is 0.0816. The number of hydrogen-bond donors (Lipinski definition) is 3. The van der Waals surface area contributed by atoms with E-state index in [4.69, 9.17) is 4.74 Å². The molecule has 0 radical (unpaired) electrons. The number of hydroxylamine groups is 1. The Kier molecular flexibility index (Phi) is 7.49. The van der Waals surface area contributed by atoms with Gasteiger partial charge in [-0.2, -0.15) is 4.72 Å². The number of pyridine rings is 1. The van der Waals surface area contributed by atoms with Crippen LogP contribution in [-0.2, 0) is 26.2 Å². The summed E-state index contributed by atoms with van der Waals surface area (Å²) in [6.07, 6.45) is 0.617. The van der Waals surface area contributed by atoms with E-state index >= 15 is 0 Å². The maximum atomic E-state index is 13.1. The molecule has 37 heavy (non-hydrogen) atoms. The molecule has 3 N–H and O–H groups in total. The summed E-state index contributed by atoms with van der Waals surface area (Å²) >= 11 is 0. The maximum Gasteiger partial charge on any atom is 0.268 e. The summed E-state index contributed by atoms with van der Waals surface area (Å²) in [5.74, 6) is -0.895. The molecule has 0 saturated carbocycles. The Morgan fingerprint density at radius 2 is 1.84 bits per heavy atom. The van der Waals surface area contributed by atoms with Crippen LogP contribution in [0.5, 0.6) is 5.75 Å². The van der Waals surface area contributed by atoms with E-state index in [2.05, 4.69) is 9.71 Å². The van der Waals surface area contributed by atoms with Crippen LogP contribution in [0.4, 0.5) is 0 Å². The number of hydrogen-bond acceptors (Lipinski definition) is 7.